The maximum atomic E-state index is 10.5. The Labute approximate surface area is 82.5 Å². The van der Waals surface area contributed by atoms with Gasteiger partial charge in [0.05, 0.1) is 12.5 Å². The Kier molecular flexibility index (Phi) is 3.45. The van der Waals surface area contributed by atoms with Crippen molar-refractivity contribution in [2.75, 3.05) is 0 Å². The lowest BCUT2D eigenvalue weighted by Crippen LogP contribution is -2.09. The van der Waals surface area contributed by atoms with Crippen molar-refractivity contribution in [2.24, 2.45) is 0 Å². The number of carboxylic acid groups (broad SMARTS) is 1. The average molecular weight is 195 g/mol. The molecular weight excluding hydrogens is 182 g/mol. The zero-order chi connectivity index (χ0) is 10.6. The second-order valence-electron chi connectivity index (χ2n) is 3.22. The molecule has 4 nitrogen and oxygen atoms in total. The standard InChI is InChI=1S/C10H13NO3/c1-7(2)14-9-3-4-11-6-8(9)5-10(12)13/h3-4,6-7H,5H2,1-2H3,(H,12,13). The maximum Gasteiger partial charge on any atom is 0.308 e. The van der Waals surface area contributed by atoms with Crippen molar-refractivity contribution in [3.63, 3.8) is 0 Å². The maximum absolute atomic E-state index is 10.5. The summed E-state index contributed by atoms with van der Waals surface area (Å²) in [5, 5.41) is 8.64. The summed E-state index contributed by atoms with van der Waals surface area (Å²) in [5.41, 5.74) is 0.605. The lowest BCUT2D eigenvalue weighted by molar-refractivity contribution is -0.136. The van der Waals surface area contributed by atoms with Crippen molar-refractivity contribution < 1.29 is 14.6 Å². The number of nitrogens with zero attached hydrogens (tertiary/aromatic N) is 1. The molecule has 1 heterocycles. The van der Waals surface area contributed by atoms with E-state index in [1.165, 1.54) is 6.20 Å². The van der Waals surface area contributed by atoms with Gasteiger partial charge in [-0.1, -0.05) is 0 Å². The summed E-state index contributed by atoms with van der Waals surface area (Å²) in [7, 11) is 0. The largest absolute Gasteiger partial charge is 0.491 e. The number of rotatable bonds is 4. The van der Waals surface area contributed by atoms with E-state index in [0.29, 0.717) is 11.3 Å². The molecule has 0 fully saturated rings. The number of aliphatic carboxylic acids is 1. The summed E-state index contributed by atoms with van der Waals surface area (Å²) in [6, 6.07) is 1.68. The first-order chi connectivity index (χ1) is 6.59. The van der Waals surface area contributed by atoms with E-state index >= 15 is 0 Å². The van der Waals surface area contributed by atoms with Gasteiger partial charge >= 0.3 is 5.97 Å². The third kappa shape index (κ3) is 3.05. The van der Waals surface area contributed by atoms with E-state index in [4.69, 9.17) is 9.84 Å². The Morgan fingerprint density at radius 1 is 1.64 bits per heavy atom. The highest BCUT2D eigenvalue weighted by molar-refractivity contribution is 5.71. The van der Waals surface area contributed by atoms with Gasteiger partial charge in [-0.3, -0.25) is 9.78 Å². The molecule has 0 aromatic carbocycles. The number of ether oxygens (including phenoxy) is 1. The van der Waals surface area contributed by atoms with Crippen molar-refractivity contribution in [3.05, 3.63) is 24.0 Å². The highest BCUT2D eigenvalue weighted by atomic mass is 16.5. The fourth-order valence-electron chi connectivity index (χ4n) is 1.08. The molecule has 14 heavy (non-hydrogen) atoms. The highest BCUT2D eigenvalue weighted by Gasteiger charge is 2.08. The number of pyridine rings is 1. The normalized spacial score (nSPS) is 10.2. The van der Waals surface area contributed by atoms with Crippen LogP contribution in [-0.4, -0.2) is 22.2 Å². The fourth-order valence-corrected chi connectivity index (χ4v) is 1.08. The number of carboxylic acids is 1. The van der Waals surface area contributed by atoms with Crippen LogP contribution >= 0.6 is 0 Å². The molecule has 0 atom stereocenters. The summed E-state index contributed by atoms with van der Waals surface area (Å²) in [5.74, 6) is -0.288. The van der Waals surface area contributed by atoms with Gasteiger partial charge in [0.25, 0.3) is 0 Å². The minimum Gasteiger partial charge on any atom is -0.491 e. The Bertz CT molecular complexity index is 323. The predicted molar refractivity (Wildman–Crippen MR) is 51.3 cm³/mol. The average Bonchev–Trinajstić information content (AvgIpc) is 2.06. The van der Waals surface area contributed by atoms with Gasteiger partial charge in [-0.2, -0.15) is 0 Å². The topological polar surface area (TPSA) is 59.4 Å². The minimum atomic E-state index is -0.883. The van der Waals surface area contributed by atoms with Gasteiger partial charge in [0.15, 0.2) is 0 Å². The first kappa shape index (κ1) is 10.5. The summed E-state index contributed by atoms with van der Waals surface area (Å²) in [6.07, 6.45) is 3.08. The number of carbonyl (C=O) groups is 1. The van der Waals surface area contributed by atoms with Gasteiger partial charge in [0.2, 0.25) is 0 Å². The van der Waals surface area contributed by atoms with Crippen LogP contribution in [0, 0.1) is 0 Å². The zero-order valence-electron chi connectivity index (χ0n) is 8.23. The quantitative estimate of drug-likeness (QED) is 0.790. The molecule has 0 aliphatic carbocycles. The van der Waals surface area contributed by atoms with Crippen LogP contribution in [0.5, 0.6) is 5.75 Å². The van der Waals surface area contributed by atoms with E-state index in [1.54, 1.807) is 12.3 Å². The van der Waals surface area contributed by atoms with Crippen LogP contribution in [0.2, 0.25) is 0 Å². The van der Waals surface area contributed by atoms with Crippen molar-refractivity contribution in [2.45, 2.75) is 26.4 Å². The molecular formula is C10H13NO3. The molecule has 0 aliphatic rings. The Morgan fingerprint density at radius 3 is 2.93 bits per heavy atom. The highest BCUT2D eigenvalue weighted by Crippen LogP contribution is 2.18. The summed E-state index contributed by atoms with van der Waals surface area (Å²) in [6.45, 7) is 3.79. The smallest absolute Gasteiger partial charge is 0.308 e. The molecule has 0 bridgehead atoms. The fraction of sp³-hybridized carbons (Fsp3) is 0.400. The Hall–Kier alpha value is -1.58. The van der Waals surface area contributed by atoms with E-state index in [1.807, 2.05) is 13.8 Å². The molecule has 0 saturated heterocycles. The molecule has 1 N–H and O–H groups in total. The molecule has 4 heteroatoms. The van der Waals surface area contributed by atoms with Gasteiger partial charge in [0, 0.05) is 18.0 Å². The van der Waals surface area contributed by atoms with Crippen LogP contribution in [-0.2, 0) is 11.2 Å². The van der Waals surface area contributed by atoms with Gasteiger partial charge in [-0.05, 0) is 19.9 Å². The van der Waals surface area contributed by atoms with E-state index in [9.17, 15) is 4.79 Å². The second kappa shape index (κ2) is 4.60. The first-order valence-corrected chi connectivity index (χ1v) is 4.41. The van der Waals surface area contributed by atoms with Crippen molar-refractivity contribution in [1.29, 1.82) is 0 Å². The lowest BCUT2D eigenvalue weighted by Gasteiger charge is -2.12. The third-order valence-electron chi connectivity index (χ3n) is 1.56. The SMILES string of the molecule is CC(C)Oc1ccncc1CC(=O)O. The summed E-state index contributed by atoms with van der Waals surface area (Å²) < 4.78 is 5.44. The summed E-state index contributed by atoms with van der Waals surface area (Å²) >= 11 is 0. The molecule has 0 unspecified atom stereocenters. The van der Waals surface area contributed by atoms with Crippen LogP contribution < -0.4 is 4.74 Å². The number of hydrogen-bond donors (Lipinski definition) is 1. The van der Waals surface area contributed by atoms with E-state index < -0.39 is 5.97 Å². The lowest BCUT2D eigenvalue weighted by atomic mass is 10.2. The summed E-state index contributed by atoms with van der Waals surface area (Å²) in [4.78, 5) is 14.4. The molecule has 0 amide bonds. The van der Waals surface area contributed by atoms with Crippen molar-refractivity contribution in [3.8, 4) is 5.75 Å². The predicted octanol–water partition coefficient (Wildman–Crippen LogP) is 1.50. The zero-order valence-corrected chi connectivity index (χ0v) is 8.23. The van der Waals surface area contributed by atoms with Gasteiger partial charge in [-0.25, -0.2) is 0 Å². The molecule has 76 valence electrons. The van der Waals surface area contributed by atoms with Crippen molar-refractivity contribution in [1.82, 2.24) is 4.98 Å². The monoisotopic (exact) mass is 195 g/mol. The van der Waals surface area contributed by atoms with E-state index in [0.717, 1.165) is 0 Å². The Morgan fingerprint density at radius 2 is 2.36 bits per heavy atom. The van der Waals surface area contributed by atoms with Gasteiger partial charge in [0.1, 0.15) is 5.75 Å². The second-order valence-corrected chi connectivity index (χ2v) is 3.22. The van der Waals surface area contributed by atoms with Gasteiger partial charge < -0.3 is 9.84 Å². The minimum absolute atomic E-state index is 0.0324. The van der Waals surface area contributed by atoms with Gasteiger partial charge in [-0.15, -0.1) is 0 Å². The van der Waals surface area contributed by atoms with E-state index in [-0.39, 0.29) is 12.5 Å². The number of hydrogen-bond acceptors (Lipinski definition) is 3. The molecule has 0 saturated carbocycles. The molecule has 0 spiro atoms. The van der Waals surface area contributed by atoms with Crippen LogP contribution in [0.1, 0.15) is 19.4 Å². The van der Waals surface area contributed by atoms with Crippen molar-refractivity contribution >= 4 is 5.97 Å². The first-order valence-electron chi connectivity index (χ1n) is 4.41. The molecule has 0 aliphatic heterocycles. The number of aromatic nitrogens is 1. The molecule has 1 rings (SSSR count). The van der Waals surface area contributed by atoms with Crippen LogP contribution in [0.25, 0.3) is 0 Å². The molecule has 0 radical (unpaired) electrons. The Balaban J connectivity index is 2.85. The molecule has 1 aromatic heterocycles. The third-order valence-corrected chi connectivity index (χ3v) is 1.56. The van der Waals surface area contributed by atoms with Crippen LogP contribution in [0.3, 0.4) is 0 Å². The molecule has 1 aromatic rings. The van der Waals surface area contributed by atoms with Crippen LogP contribution in [0.4, 0.5) is 0 Å². The van der Waals surface area contributed by atoms with Crippen LogP contribution in [0.15, 0.2) is 18.5 Å². The van der Waals surface area contributed by atoms with E-state index in [2.05, 4.69) is 4.98 Å².